The van der Waals surface area contributed by atoms with Gasteiger partial charge in [0.15, 0.2) is 0 Å². The molecule has 0 aliphatic rings. The lowest BCUT2D eigenvalue weighted by Crippen LogP contribution is -2.01. The van der Waals surface area contributed by atoms with Crippen molar-refractivity contribution < 1.29 is 4.39 Å². The summed E-state index contributed by atoms with van der Waals surface area (Å²) in [7, 11) is 0. The fourth-order valence-corrected chi connectivity index (χ4v) is 2.64. The molecule has 0 spiro atoms. The van der Waals surface area contributed by atoms with E-state index in [4.69, 9.17) is 0 Å². The summed E-state index contributed by atoms with van der Waals surface area (Å²) in [4.78, 5) is 3.94. The Labute approximate surface area is 149 Å². The van der Waals surface area contributed by atoms with Gasteiger partial charge in [-0.05, 0) is 42.0 Å². The van der Waals surface area contributed by atoms with Crippen LogP contribution in [0.4, 0.5) is 10.1 Å². The van der Waals surface area contributed by atoms with Crippen LogP contribution in [0.3, 0.4) is 0 Å². The van der Waals surface area contributed by atoms with Crippen LogP contribution in [0.25, 0.3) is 5.69 Å². The number of hydrogen-bond acceptors (Lipinski definition) is 4. The van der Waals surface area contributed by atoms with Crippen LogP contribution in [0.1, 0.15) is 11.1 Å². The van der Waals surface area contributed by atoms with Crippen molar-refractivity contribution in [3.8, 4) is 5.69 Å². The second-order valence-electron chi connectivity index (χ2n) is 5.91. The van der Waals surface area contributed by atoms with E-state index in [1.165, 1.54) is 18.5 Å². The van der Waals surface area contributed by atoms with Crippen molar-refractivity contribution in [3.63, 3.8) is 0 Å². The van der Waals surface area contributed by atoms with Gasteiger partial charge in [0, 0.05) is 24.0 Å². The van der Waals surface area contributed by atoms with Crippen LogP contribution in [0, 0.1) is 5.82 Å². The lowest BCUT2D eigenvalue weighted by molar-refractivity contribution is 0.624. The summed E-state index contributed by atoms with van der Waals surface area (Å²) in [5, 5.41) is 11.8. The molecule has 6 nitrogen and oxygen atoms in total. The van der Waals surface area contributed by atoms with Crippen LogP contribution in [-0.4, -0.2) is 24.5 Å². The minimum absolute atomic E-state index is 0.228. The molecular weight excluding hydrogens is 331 g/mol. The molecule has 0 aliphatic heterocycles. The molecule has 4 aromatic rings. The fraction of sp³-hybridized carbons (Fsp3) is 0.105. The molecule has 2 aromatic carbocycles. The molecule has 26 heavy (non-hydrogen) atoms. The highest BCUT2D eigenvalue weighted by atomic mass is 19.1. The first-order valence-corrected chi connectivity index (χ1v) is 8.21. The summed E-state index contributed by atoms with van der Waals surface area (Å²) in [6.07, 6.45) is 6.99. The molecule has 0 atom stereocenters. The minimum atomic E-state index is -0.228. The third-order valence-corrected chi connectivity index (χ3v) is 3.99. The molecule has 2 aromatic heterocycles. The Morgan fingerprint density at radius 3 is 2.46 bits per heavy atom. The molecule has 0 bridgehead atoms. The maximum Gasteiger partial charge on any atom is 0.138 e. The number of halogens is 1. The van der Waals surface area contributed by atoms with Gasteiger partial charge in [-0.3, -0.25) is 4.68 Å². The maximum atomic E-state index is 13.0. The largest absolute Gasteiger partial charge is 0.381 e. The summed E-state index contributed by atoms with van der Waals surface area (Å²) >= 11 is 0. The van der Waals surface area contributed by atoms with Gasteiger partial charge in [0.1, 0.15) is 18.5 Å². The molecule has 0 saturated carbocycles. The van der Waals surface area contributed by atoms with Crippen molar-refractivity contribution in [1.29, 1.82) is 0 Å². The van der Waals surface area contributed by atoms with Gasteiger partial charge in [-0.1, -0.05) is 12.1 Å². The predicted octanol–water partition coefficient (Wildman–Crippen LogP) is 3.26. The highest BCUT2D eigenvalue weighted by Crippen LogP contribution is 2.13. The SMILES string of the molecule is Fc1ccc(Cn2cc(CNc3ccc(-n4cncn4)cc3)cn2)cc1. The second kappa shape index (κ2) is 7.18. The summed E-state index contributed by atoms with van der Waals surface area (Å²) in [5.74, 6) is -0.228. The molecule has 0 aliphatic carbocycles. The monoisotopic (exact) mass is 348 g/mol. The van der Waals surface area contributed by atoms with Gasteiger partial charge in [0.25, 0.3) is 0 Å². The van der Waals surface area contributed by atoms with Crippen molar-refractivity contribution >= 4 is 5.69 Å². The van der Waals surface area contributed by atoms with E-state index in [1.807, 2.05) is 41.3 Å². The Balaban J connectivity index is 1.35. The van der Waals surface area contributed by atoms with Gasteiger partial charge in [-0.15, -0.1) is 0 Å². The quantitative estimate of drug-likeness (QED) is 0.581. The van der Waals surface area contributed by atoms with E-state index in [-0.39, 0.29) is 5.82 Å². The van der Waals surface area contributed by atoms with Crippen LogP contribution < -0.4 is 5.32 Å². The maximum absolute atomic E-state index is 13.0. The molecule has 0 amide bonds. The Morgan fingerprint density at radius 1 is 0.923 bits per heavy atom. The minimum Gasteiger partial charge on any atom is -0.381 e. The first kappa shape index (κ1) is 16.0. The number of aromatic nitrogens is 5. The lowest BCUT2D eigenvalue weighted by Gasteiger charge is -2.06. The Hall–Kier alpha value is -3.48. The summed E-state index contributed by atoms with van der Waals surface area (Å²) in [5.41, 5.74) is 4.06. The van der Waals surface area contributed by atoms with E-state index >= 15 is 0 Å². The van der Waals surface area contributed by atoms with Gasteiger partial charge >= 0.3 is 0 Å². The zero-order valence-corrected chi connectivity index (χ0v) is 14.0. The van der Waals surface area contributed by atoms with Gasteiger partial charge in [0.2, 0.25) is 0 Å². The van der Waals surface area contributed by atoms with E-state index in [0.717, 1.165) is 22.5 Å². The van der Waals surface area contributed by atoms with Crippen LogP contribution in [0.5, 0.6) is 0 Å². The van der Waals surface area contributed by atoms with E-state index in [9.17, 15) is 4.39 Å². The molecule has 130 valence electrons. The molecule has 0 saturated heterocycles. The third-order valence-electron chi connectivity index (χ3n) is 3.99. The normalized spacial score (nSPS) is 10.8. The van der Waals surface area contributed by atoms with Crippen LogP contribution in [-0.2, 0) is 13.1 Å². The van der Waals surface area contributed by atoms with Crippen molar-refractivity contribution in [2.75, 3.05) is 5.32 Å². The average molecular weight is 348 g/mol. The topological polar surface area (TPSA) is 60.6 Å². The number of nitrogens with one attached hydrogen (secondary N) is 1. The van der Waals surface area contributed by atoms with Crippen molar-refractivity contribution in [2.45, 2.75) is 13.1 Å². The third kappa shape index (κ3) is 3.77. The first-order valence-electron chi connectivity index (χ1n) is 8.21. The van der Waals surface area contributed by atoms with Crippen molar-refractivity contribution in [2.24, 2.45) is 0 Å². The number of nitrogens with zero attached hydrogens (tertiary/aromatic N) is 5. The van der Waals surface area contributed by atoms with E-state index in [2.05, 4.69) is 20.5 Å². The number of rotatable bonds is 6. The van der Waals surface area contributed by atoms with Gasteiger partial charge in [-0.25, -0.2) is 14.1 Å². The smallest absolute Gasteiger partial charge is 0.138 e. The summed E-state index contributed by atoms with van der Waals surface area (Å²) in [6, 6.07) is 14.4. The molecule has 0 fully saturated rings. The van der Waals surface area contributed by atoms with E-state index < -0.39 is 0 Å². The zero-order valence-electron chi connectivity index (χ0n) is 14.0. The fourth-order valence-electron chi connectivity index (χ4n) is 2.64. The Bertz CT molecular complexity index is 958. The second-order valence-corrected chi connectivity index (χ2v) is 5.91. The lowest BCUT2D eigenvalue weighted by atomic mass is 10.2. The number of benzene rings is 2. The van der Waals surface area contributed by atoms with Gasteiger partial charge < -0.3 is 5.32 Å². The molecule has 1 N–H and O–H groups in total. The molecular formula is C19H17FN6. The zero-order chi connectivity index (χ0) is 17.8. The standard InChI is InChI=1S/C19H17FN6/c20-17-3-1-15(2-4-17)11-25-12-16(10-23-25)9-22-18-5-7-19(8-6-18)26-14-21-13-24-26/h1-8,10,12-14,22H,9,11H2. The van der Waals surface area contributed by atoms with Crippen molar-refractivity contribution in [3.05, 3.63) is 90.5 Å². The average Bonchev–Trinajstić information content (AvgIpc) is 3.35. The molecule has 0 radical (unpaired) electrons. The molecule has 0 unspecified atom stereocenters. The van der Waals surface area contributed by atoms with Crippen LogP contribution >= 0.6 is 0 Å². The highest BCUT2D eigenvalue weighted by Gasteiger charge is 2.02. The van der Waals surface area contributed by atoms with Gasteiger partial charge in [-0.2, -0.15) is 10.2 Å². The molecule has 2 heterocycles. The van der Waals surface area contributed by atoms with E-state index in [1.54, 1.807) is 23.1 Å². The Kier molecular flexibility index (Phi) is 4.42. The highest BCUT2D eigenvalue weighted by molar-refractivity contribution is 5.48. The predicted molar refractivity (Wildman–Crippen MR) is 96.4 cm³/mol. The summed E-state index contributed by atoms with van der Waals surface area (Å²) in [6.45, 7) is 1.29. The Morgan fingerprint density at radius 2 is 1.73 bits per heavy atom. The number of hydrogen-bond donors (Lipinski definition) is 1. The van der Waals surface area contributed by atoms with Crippen LogP contribution in [0.15, 0.2) is 73.6 Å². The van der Waals surface area contributed by atoms with Crippen LogP contribution in [0.2, 0.25) is 0 Å². The number of anilines is 1. The van der Waals surface area contributed by atoms with Crippen molar-refractivity contribution in [1.82, 2.24) is 24.5 Å². The molecule has 7 heteroatoms. The van der Waals surface area contributed by atoms with Gasteiger partial charge in [0.05, 0.1) is 18.4 Å². The molecule has 4 rings (SSSR count). The van der Waals surface area contributed by atoms with E-state index in [0.29, 0.717) is 13.1 Å². The summed E-state index contributed by atoms with van der Waals surface area (Å²) < 4.78 is 16.5. The first-order chi connectivity index (χ1) is 12.8.